The molecule has 2 saturated heterocycles. The highest BCUT2D eigenvalue weighted by Crippen LogP contribution is 2.70. The molecule has 6 nitrogen and oxygen atoms in total. The summed E-state index contributed by atoms with van der Waals surface area (Å²) in [5.74, 6) is 0.0416. The van der Waals surface area contributed by atoms with Gasteiger partial charge in [0, 0.05) is 35.2 Å². The molecule has 3 fully saturated rings. The Morgan fingerprint density at radius 2 is 1.89 bits per heavy atom. The van der Waals surface area contributed by atoms with Gasteiger partial charge in [-0.05, 0) is 80.4 Å². The van der Waals surface area contributed by atoms with Crippen LogP contribution in [0, 0.1) is 11.3 Å². The molecule has 5 aliphatic rings. The summed E-state index contributed by atoms with van der Waals surface area (Å²) in [5.41, 5.74) is -1.88. The number of aliphatic hydroxyl groups is 3. The number of alkyl halides is 1. The molecule has 1 saturated carbocycles. The van der Waals surface area contributed by atoms with Crippen LogP contribution in [0.3, 0.4) is 0 Å². The smallest absolute Gasteiger partial charge is 0.197 e. The SMILES string of the molecule is CN(C)[C@H]1C[C@@]23CC[C@@]4(O2)C(=CC[C@]2(C)C(c5ccc6ccncc6c5)=CCC24)C(O)C3(F)[C@@H](O)[C@@H]1O. The third-order valence-corrected chi connectivity index (χ3v) is 10.7. The van der Waals surface area contributed by atoms with E-state index in [2.05, 4.69) is 36.2 Å². The maximum atomic E-state index is 17.0. The Bertz CT molecular complexity index is 1360. The maximum Gasteiger partial charge on any atom is 0.197 e. The van der Waals surface area contributed by atoms with Crippen molar-refractivity contribution in [1.82, 2.24) is 9.88 Å². The summed E-state index contributed by atoms with van der Waals surface area (Å²) in [7, 11) is 3.64. The van der Waals surface area contributed by atoms with Crippen molar-refractivity contribution in [3.8, 4) is 0 Å². The van der Waals surface area contributed by atoms with Crippen LogP contribution in [0.2, 0.25) is 0 Å². The number of hydrogen-bond donors (Lipinski definition) is 3. The maximum absolute atomic E-state index is 17.0. The van der Waals surface area contributed by atoms with Crippen LogP contribution < -0.4 is 0 Å². The molecule has 196 valence electrons. The lowest BCUT2D eigenvalue weighted by molar-refractivity contribution is -0.308. The first-order chi connectivity index (χ1) is 17.6. The molecule has 3 aliphatic carbocycles. The number of hydrogen-bond acceptors (Lipinski definition) is 6. The van der Waals surface area contributed by atoms with Crippen LogP contribution in [0.25, 0.3) is 16.3 Å². The van der Waals surface area contributed by atoms with E-state index >= 15 is 4.39 Å². The van der Waals surface area contributed by atoms with Crippen LogP contribution in [0.1, 0.15) is 44.6 Å². The fraction of sp³-hybridized carbons (Fsp3) is 0.567. The molecule has 0 radical (unpaired) electrons. The van der Waals surface area contributed by atoms with Crippen molar-refractivity contribution in [3.05, 3.63) is 59.9 Å². The number of rotatable bonds is 2. The van der Waals surface area contributed by atoms with Crippen molar-refractivity contribution in [2.45, 2.75) is 80.3 Å². The van der Waals surface area contributed by atoms with Crippen molar-refractivity contribution in [3.63, 3.8) is 0 Å². The zero-order valence-electron chi connectivity index (χ0n) is 21.6. The highest BCUT2D eigenvalue weighted by molar-refractivity contribution is 5.87. The van der Waals surface area contributed by atoms with E-state index in [1.165, 1.54) is 5.57 Å². The number of pyridine rings is 1. The van der Waals surface area contributed by atoms with Gasteiger partial charge >= 0.3 is 0 Å². The molecule has 2 aromatic rings. The molecule has 3 N–H and O–H groups in total. The monoisotopic (exact) mass is 506 g/mol. The lowest BCUT2D eigenvalue weighted by atomic mass is 9.55. The number of nitrogens with zero attached hydrogens (tertiary/aromatic N) is 2. The van der Waals surface area contributed by atoms with Gasteiger partial charge in [0.25, 0.3) is 0 Å². The second-order valence-corrected chi connectivity index (χ2v) is 12.5. The zero-order valence-corrected chi connectivity index (χ0v) is 21.6. The Kier molecular flexibility index (Phi) is 4.84. The molecule has 2 spiro atoms. The van der Waals surface area contributed by atoms with E-state index < -0.39 is 41.2 Å². The van der Waals surface area contributed by atoms with Gasteiger partial charge in [0.05, 0.1) is 11.7 Å². The first-order valence-corrected chi connectivity index (χ1v) is 13.4. The van der Waals surface area contributed by atoms with Gasteiger partial charge in [0.2, 0.25) is 0 Å². The molecule has 2 aliphatic heterocycles. The van der Waals surface area contributed by atoms with Gasteiger partial charge in [0.15, 0.2) is 5.67 Å². The molecule has 3 unspecified atom stereocenters. The predicted octanol–water partition coefficient (Wildman–Crippen LogP) is 3.40. The summed E-state index contributed by atoms with van der Waals surface area (Å²) in [6.07, 6.45) is 6.03. The molecule has 3 heterocycles. The number of likely N-dealkylation sites (N-methyl/N-ethyl adjacent to an activating group) is 1. The van der Waals surface area contributed by atoms with Gasteiger partial charge in [0.1, 0.15) is 17.8 Å². The normalized spacial score (nSPS) is 46.3. The largest absolute Gasteiger partial charge is 0.389 e. The van der Waals surface area contributed by atoms with Crippen molar-refractivity contribution in [2.24, 2.45) is 11.3 Å². The van der Waals surface area contributed by atoms with Crippen LogP contribution in [0.4, 0.5) is 4.39 Å². The summed E-state index contributed by atoms with van der Waals surface area (Å²) in [4.78, 5) is 6.11. The highest BCUT2D eigenvalue weighted by atomic mass is 19.1. The number of aliphatic hydroxyl groups excluding tert-OH is 3. The number of benzene rings is 1. The minimum absolute atomic E-state index is 0.0416. The average Bonchev–Trinajstić information content (AvgIpc) is 3.42. The Morgan fingerprint density at radius 3 is 2.68 bits per heavy atom. The van der Waals surface area contributed by atoms with Crippen LogP contribution in [-0.4, -0.2) is 80.5 Å². The predicted molar refractivity (Wildman–Crippen MR) is 138 cm³/mol. The quantitative estimate of drug-likeness (QED) is 0.542. The van der Waals surface area contributed by atoms with Crippen molar-refractivity contribution < 1.29 is 24.4 Å². The summed E-state index contributed by atoms with van der Waals surface area (Å²) in [6, 6.07) is 8.03. The number of ether oxygens (including phenoxy) is 1. The number of halogens is 1. The van der Waals surface area contributed by atoms with Gasteiger partial charge in [-0.25, -0.2) is 4.39 Å². The molecule has 2 bridgehead atoms. The van der Waals surface area contributed by atoms with E-state index in [0.29, 0.717) is 24.8 Å². The molecule has 7 heteroatoms. The standard InChI is InChI=1S/C30H35FN2O4/c1-27-10-8-21-25(35)30(31)26(36)24(34)22(33(2)3)15-28(30)11-12-29(21,37-28)23(27)7-6-20(27)18-5-4-17-9-13-32-16-19(17)14-18/h4-6,8-9,13-14,16,22-26,34-36H,7,10-12,15H2,1-3H3/t22-,23?,24+,25?,26-,27+,28+,29+,30?/m0/s1. The molecule has 1 aromatic heterocycles. The second-order valence-electron chi connectivity index (χ2n) is 12.5. The summed E-state index contributed by atoms with van der Waals surface area (Å²) >= 11 is 0. The summed E-state index contributed by atoms with van der Waals surface area (Å²) in [5, 5.41) is 35.8. The number of fused-ring (bicyclic) bond motifs is 2. The molecular weight excluding hydrogens is 471 g/mol. The third-order valence-electron chi connectivity index (χ3n) is 10.7. The fourth-order valence-corrected chi connectivity index (χ4v) is 8.78. The first-order valence-electron chi connectivity index (χ1n) is 13.4. The molecule has 37 heavy (non-hydrogen) atoms. The molecular formula is C30H35FN2O4. The molecule has 0 amide bonds. The van der Waals surface area contributed by atoms with Crippen LogP contribution in [0.15, 0.2) is 54.4 Å². The second kappa shape index (κ2) is 7.48. The average molecular weight is 507 g/mol. The number of allylic oxidation sites excluding steroid dienone is 3. The lowest BCUT2D eigenvalue weighted by Crippen LogP contribution is -2.78. The van der Waals surface area contributed by atoms with Crippen molar-refractivity contribution >= 4 is 16.3 Å². The minimum atomic E-state index is -2.46. The topological polar surface area (TPSA) is 86.1 Å². The van der Waals surface area contributed by atoms with Crippen molar-refractivity contribution in [2.75, 3.05) is 14.1 Å². The first kappa shape index (κ1) is 23.9. The van der Waals surface area contributed by atoms with Gasteiger partial charge in [-0.2, -0.15) is 0 Å². The Hall–Kier alpha value is -2.16. The van der Waals surface area contributed by atoms with Crippen LogP contribution in [0.5, 0.6) is 0 Å². The molecule has 9 atom stereocenters. The molecule has 7 rings (SSSR count). The van der Waals surface area contributed by atoms with E-state index in [1.54, 1.807) is 6.20 Å². The lowest BCUT2D eigenvalue weighted by Gasteiger charge is -2.62. The van der Waals surface area contributed by atoms with Crippen LogP contribution >= 0.6 is 0 Å². The van der Waals surface area contributed by atoms with E-state index in [9.17, 15) is 15.3 Å². The van der Waals surface area contributed by atoms with Gasteiger partial charge in [-0.15, -0.1) is 0 Å². The highest BCUT2D eigenvalue weighted by Gasteiger charge is 2.79. The fourth-order valence-electron chi connectivity index (χ4n) is 8.78. The van der Waals surface area contributed by atoms with Crippen molar-refractivity contribution in [1.29, 1.82) is 0 Å². The van der Waals surface area contributed by atoms with Gasteiger partial charge < -0.3 is 25.0 Å². The van der Waals surface area contributed by atoms with E-state index in [4.69, 9.17) is 4.74 Å². The summed E-state index contributed by atoms with van der Waals surface area (Å²) in [6.45, 7) is 2.27. The van der Waals surface area contributed by atoms with E-state index in [-0.39, 0.29) is 17.8 Å². The van der Waals surface area contributed by atoms with E-state index in [0.717, 1.165) is 22.8 Å². The van der Waals surface area contributed by atoms with E-state index in [1.807, 2.05) is 37.3 Å². The zero-order chi connectivity index (χ0) is 26.0. The molecule has 1 aromatic carbocycles. The van der Waals surface area contributed by atoms with Gasteiger partial charge in [-0.1, -0.05) is 31.2 Å². The Balaban J connectivity index is 1.32. The Labute approximate surface area is 216 Å². The van der Waals surface area contributed by atoms with Gasteiger partial charge in [-0.3, -0.25) is 4.98 Å². The number of aromatic nitrogens is 1. The van der Waals surface area contributed by atoms with Crippen LogP contribution in [-0.2, 0) is 4.74 Å². The third kappa shape index (κ3) is 2.74. The summed E-state index contributed by atoms with van der Waals surface area (Å²) < 4.78 is 23.9. The Morgan fingerprint density at radius 1 is 1.08 bits per heavy atom. The minimum Gasteiger partial charge on any atom is -0.389 e.